The second-order valence-electron chi connectivity index (χ2n) is 7.13. The number of aromatic nitrogens is 2. The molecule has 0 radical (unpaired) electrons. The molecule has 0 aromatic heterocycles. The minimum absolute atomic E-state index is 0.374. The zero-order chi connectivity index (χ0) is 20.5. The normalized spacial score (nSPS) is 11.1. The number of aromatic amines is 1. The van der Waals surface area contributed by atoms with Gasteiger partial charge in [0.2, 0.25) is 0 Å². The monoisotopic (exact) mass is 395 g/mol. The fourth-order valence-corrected chi connectivity index (χ4v) is 3.77. The molecule has 5 nitrogen and oxygen atoms in total. The fourth-order valence-electron chi connectivity index (χ4n) is 3.77. The standard InChI is InChI=1S/C25H21N3O2/c1-29-19-12-10-16(11-13-19)15-30-21-9-5-8-18-14-20-23(17-6-3-2-4-7-17)27-25(26)28-24(20)22(18)21/h2-14H,15H2,1H3,(H3,26,27,28). The molecule has 1 aliphatic carbocycles. The fraction of sp³-hybridized carbons (Fsp3) is 0.0800. The maximum Gasteiger partial charge on any atom is 0.198 e. The molecule has 3 N–H and O–H groups in total. The summed E-state index contributed by atoms with van der Waals surface area (Å²) in [6, 6.07) is 26.2. The lowest BCUT2D eigenvalue weighted by Crippen LogP contribution is -2.01. The molecule has 5 heteroatoms. The van der Waals surface area contributed by atoms with E-state index in [9.17, 15) is 0 Å². The van der Waals surface area contributed by atoms with E-state index in [1.807, 2.05) is 66.7 Å². The van der Waals surface area contributed by atoms with Gasteiger partial charge < -0.3 is 20.2 Å². The Morgan fingerprint density at radius 1 is 0.933 bits per heavy atom. The topological polar surface area (TPSA) is 73.2 Å². The molecule has 0 bridgehead atoms. The zero-order valence-corrected chi connectivity index (χ0v) is 16.6. The summed E-state index contributed by atoms with van der Waals surface area (Å²) < 4.78 is 11.4. The van der Waals surface area contributed by atoms with Crippen molar-refractivity contribution in [3.63, 3.8) is 0 Å². The summed E-state index contributed by atoms with van der Waals surface area (Å²) in [5.74, 6) is 2.01. The lowest BCUT2D eigenvalue weighted by atomic mass is 10.1. The number of H-pyrrole nitrogens is 1. The van der Waals surface area contributed by atoms with Crippen LogP contribution in [0, 0.1) is 0 Å². The predicted molar refractivity (Wildman–Crippen MR) is 120 cm³/mol. The molecule has 3 aromatic rings. The average Bonchev–Trinajstić information content (AvgIpc) is 3.17. The lowest BCUT2D eigenvalue weighted by molar-refractivity contribution is 0.310. The number of nitrogen functional groups attached to an aromatic ring is 1. The Hall–Kier alpha value is -3.99. The predicted octanol–water partition coefficient (Wildman–Crippen LogP) is 5.50. The quantitative estimate of drug-likeness (QED) is 0.412. The van der Waals surface area contributed by atoms with E-state index in [1.165, 1.54) is 0 Å². The Morgan fingerprint density at radius 3 is 2.50 bits per heavy atom. The molecule has 1 aliphatic heterocycles. The van der Waals surface area contributed by atoms with E-state index in [0.717, 1.165) is 50.3 Å². The molecular weight excluding hydrogens is 374 g/mol. The Labute approximate surface area is 174 Å². The van der Waals surface area contributed by atoms with E-state index in [2.05, 4.69) is 22.1 Å². The van der Waals surface area contributed by atoms with Crippen molar-refractivity contribution in [1.29, 1.82) is 0 Å². The highest BCUT2D eigenvalue weighted by molar-refractivity contribution is 6.07. The molecule has 1 heterocycles. The summed E-state index contributed by atoms with van der Waals surface area (Å²) in [7, 11) is 1.66. The first-order chi connectivity index (χ1) is 14.7. The Bertz CT molecular complexity index is 1280. The van der Waals surface area contributed by atoms with E-state index >= 15 is 0 Å². The van der Waals surface area contributed by atoms with Crippen LogP contribution in [0.4, 0.5) is 5.95 Å². The molecule has 3 aromatic carbocycles. The number of nitrogens with two attached hydrogens (primary N) is 1. The van der Waals surface area contributed by atoms with Crippen molar-refractivity contribution < 1.29 is 9.47 Å². The van der Waals surface area contributed by atoms with E-state index in [4.69, 9.17) is 15.2 Å². The number of benzene rings is 3. The second-order valence-corrected chi connectivity index (χ2v) is 7.13. The van der Waals surface area contributed by atoms with Crippen molar-refractivity contribution in [1.82, 2.24) is 9.97 Å². The number of ether oxygens (including phenoxy) is 2. The number of nitrogens with zero attached hydrogens (tertiary/aromatic N) is 1. The van der Waals surface area contributed by atoms with Crippen LogP contribution in [0.1, 0.15) is 5.56 Å². The highest BCUT2D eigenvalue weighted by atomic mass is 16.5. The van der Waals surface area contributed by atoms with Gasteiger partial charge >= 0.3 is 0 Å². The molecule has 0 saturated carbocycles. The van der Waals surface area contributed by atoms with Gasteiger partial charge in [-0.15, -0.1) is 0 Å². The third kappa shape index (κ3) is 3.20. The van der Waals surface area contributed by atoms with Crippen molar-refractivity contribution in [2.45, 2.75) is 6.61 Å². The van der Waals surface area contributed by atoms with E-state index in [1.54, 1.807) is 7.11 Å². The van der Waals surface area contributed by atoms with Gasteiger partial charge in [-0.2, -0.15) is 0 Å². The molecular formula is C25H21N3O2. The number of nitrogens with one attached hydrogen (secondary N) is 1. The number of hydrogen-bond donors (Lipinski definition) is 2. The van der Waals surface area contributed by atoms with Crippen LogP contribution in [0.5, 0.6) is 11.5 Å². The van der Waals surface area contributed by atoms with Gasteiger partial charge in [-0.05, 0) is 35.2 Å². The van der Waals surface area contributed by atoms with Gasteiger partial charge in [-0.25, -0.2) is 4.98 Å². The molecule has 0 saturated heterocycles. The van der Waals surface area contributed by atoms with Crippen LogP contribution >= 0.6 is 0 Å². The van der Waals surface area contributed by atoms with Gasteiger partial charge in [0.05, 0.1) is 18.5 Å². The van der Waals surface area contributed by atoms with Gasteiger partial charge in [0, 0.05) is 16.5 Å². The summed E-state index contributed by atoms with van der Waals surface area (Å²) in [5, 5.41) is 2.09. The Morgan fingerprint density at radius 2 is 1.73 bits per heavy atom. The summed E-state index contributed by atoms with van der Waals surface area (Å²) in [5.41, 5.74) is 11.0. The largest absolute Gasteiger partial charge is 0.497 e. The minimum atomic E-state index is 0.374. The van der Waals surface area contributed by atoms with Gasteiger partial charge in [-0.3, -0.25) is 0 Å². The summed E-state index contributed by atoms with van der Waals surface area (Å²) in [4.78, 5) is 7.82. The maximum atomic E-state index is 6.21. The molecule has 0 atom stereocenters. The van der Waals surface area contributed by atoms with Crippen molar-refractivity contribution in [3.05, 3.63) is 84.4 Å². The van der Waals surface area contributed by atoms with Crippen molar-refractivity contribution in [2.75, 3.05) is 12.8 Å². The smallest absolute Gasteiger partial charge is 0.198 e. The molecule has 0 unspecified atom stereocenters. The van der Waals surface area contributed by atoms with Crippen molar-refractivity contribution in [2.24, 2.45) is 0 Å². The van der Waals surface area contributed by atoms with Gasteiger partial charge in [0.1, 0.15) is 18.1 Å². The summed E-state index contributed by atoms with van der Waals surface area (Å²) >= 11 is 0. The number of rotatable bonds is 5. The number of fused-ring (bicyclic) bond motifs is 3. The molecule has 2 aliphatic rings. The van der Waals surface area contributed by atoms with E-state index < -0.39 is 0 Å². The minimum Gasteiger partial charge on any atom is -0.497 e. The summed E-state index contributed by atoms with van der Waals surface area (Å²) in [6.45, 7) is 0.460. The number of hydrogen-bond acceptors (Lipinski definition) is 4. The SMILES string of the molecule is COc1ccc(COc2cccc3cc4c(-c5ccccc5)nc(N)[nH]c-4c23)cc1. The highest BCUT2D eigenvalue weighted by Crippen LogP contribution is 2.43. The van der Waals surface area contributed by atoms with E-state index in [-0.39, 0.29) is 0 Å². The first kappa shape index (κ1) is 18.1. The molecule has 0 amide bonds. The van der Waals surface area contributed by atoms with Crippen LogP contribution in [-0.4, -0.2) is 17.1 Å². The van der Waals surface area contributed by atoms with Crippen LogP contribution in [0.25, 0.3) is 33.3 Å². The molecule has 148 valence electrons. The first-order valence-electron chi connectivity index (χ1n) is 9.75. The third-order valence-corrected chi connectivity index (χ3v) is 5.22. The van der Waals surface area contributed by atoms with Crippen LogP contribution in [0.15, 0.2) is 78.9 Å². The van der Waals surface area contributed by atoms with Crippen LogP contribution in [0.2, 0.25) is 0 Å². The molecule has 5 rings (SSSR count). The maximum absolute atomic E-state index is 6.21. The van der Waals surface area contributed by atoms with Gasteiger partial charge in [-0.1, -0.05) is 54.6 Å². The van der Waals surface area contributed by atoms with Gasteiger partial charge in [0.25, 0.3) is 0 Å². The van der Waals surface area contributed by atoms with Crippen molar-refractivity contribution in [3.8, 4) is 34.0 Å². The Kier molecular flexibility index (Phi) is 4.48. The van der Waals surface area contributed by atoms with E-state index in [0.29, 0.717) is 12.6 Å². The van der Waals surface area contributed by atoms with Crippen LogP contribution < -0.4 is 15.2 Å². The van der Waals surface area contributed by atoms with Crippen LogP contribution in [0.3, 0.4) is 0 Å². The lowest BCUT2D eigenvalue weighted by Gasteiger charge is -2.12. The van der Waals surface area contributed by atoms with Crippen molar-refractivity contribution >= 4 is 16.7 Å². The summed E-state index contributed by atoms with van der Waals surface area (Å²) in [6.07, 6.45) is 0. The molecule has 30 heavy (non-hydrogen) atoms. The Balaban J connectivity index is 1.56. The van der Waals surface area contributed by atoms with Crippen LogP contribution in [-0.2, 0) is 6.61 Å². The third-order valence-electron chi connectivity index (χ3n) is 5.22. The first-order valence-corrected chi connectivity index (χ1v) is 9.75. The van der Waals surface area contributed by atoms with Gasteiger partial charge in [0.15, 0.2) is 5.95 Å². The second kappa shape index (κ2) is 7.44. The number of methoxy groups -OCH3 is 1. The number of anilines is 1. The average molecular weight is 395 g/mol. The highest BCUT2D eigenvalue weighted by Gasteiger charge is 2.20. The molecule has 0 spiro atoms. The zero-order valence-electron chi connectivity index (χ0n) is 16.6. The molecule has 0 fully saturated rings.